The first kappa shape index (κ1) is 23.3. The zero-order chi connectivity index (χ0) is 23.8. The minimum absolute atomic E-state index is 0.00659. The van der Waals surface area contributed by atoms with Crippen molar-refractivity contribution < 1.29 is 27.5 Å². The lowest BCUT2D eigenvalue weighted by Crippen LogP contribution is -2.62. The van der Waals surface area contributed by atoms with Crippen molar-refractivity contribution in [1.82, 2.24) is 26.8 Å². The van der Waals surface area contributed by atoms with Crippen molar-refractivity contribution in [2.75, 3.05) is 18.6 Å². The fourth-order valence-electron chi connectivity index (χ4n) is 3.72. The molecule has 2 aliphatic heterocycles. The lowest BCUT2D eigenvalue weighted by Gasteiger charge is -2.40. The lowest BCUT2D eigenvalue weighted by molar-refractivity contribution is -0.137. The Morgan fingerprint density at radius 3 is 2.36 bits per heavy atom. The molecule has 0 bridgehead atoms. The molecule has 1 unspecified atom stereocenters. The molecule has 2 aliphatic rings. The standard InChI is InChI=1S/C20H20ClF3N6O3/c1-33-13-7-5-12(6-8-13)29-10-14(17-25-27-28-26-17)18(31)30(19(29)32)9-11-3-2-4-15(16(11)21)20(22,23)24/h2-8,14,17,25-28H,9-10H2,1H3. The van der Waals surface area contributed by atoms with Crippen LogP contribution in [0, 0.1) is 5.92 Å². The molecular weight excluding hydrogens is 465 g/mol. The molecule has 0 aromatic heterocycles. The van der Waals surface area contributed by atoms with Crippen molar-refractivity contribution in [3.8, 4) is 5.75 Å². The van der Waals surface area contributed by atoms with Gasteiger partial charge in [-0.15, -0.1) is 0 Å². The van der Waals surface area contributed by atoms with Gasteiger partial charge in [-0.1, -0.05) is 23.7 Å². The third-order valence-corrected chi connectivity index (χ3v) is 5.89. The normalized spacial score (nSPS) is 20.0. The highest BCUT2D eigenvalue weighted by molar-refractivity contribution is 6.32. The van der Waals surface area contributed by atoms with Gasteiger partial charge in [-0.2, -0.15) is 24.2 Å². The third-order valence-electron chi connectivity index (χ3n) is 5.44. The van der Waals surface area contributed by atoms with Crippen LogP contribution in [0.4, 0.5) is 23.7 Å². The van der Waals surface area contributed by atoms with E-state index in [9.17, 15) is 22.8 Å². The van der Waals surface area contributed by atoms with Gasteiger partial charge in [0.2, 0.25) is 5.91 Å². The number of urea groups is 1. The van der Waals surface area contributed by atoms with Crippen LogP contribution >= 0.6 is 11.6 Å². The summed E-state index contributed by atoms with van der Waals surface area (Å²) < 4.78 is 45.0. The first-order valence-corrected chi connectivity index (χ1v) is 10.2. The molecule has 2 fully saturated rings. The van der Waals surface area contributed by atoms with E-state index in [0.29, 0.717) is 11.4 Å². The number of ether oxygens (including phenoxy) is 1. The van der Waals surface area contributed by atoms with Crippen LogP contribution < -0.4 is 31.6 Å². The molecule has 4 N–H and O–H groups in total. The van der Waals surface area contributed by atoms with E-state index in [2.05, 4.69) is 21.9 Å². The Hall–Kier alpha value is -2.90. The Morgan fingerprint density at radius 1 is 1.09 bits per heavy atom. The van der Waals surface area contributed by atoms with Gasteiger partial charge in [-0.3, -0.25) is 14.6 Å². The minimum atomic E-state index is -4.67. The van der Waals surface area contributed by atoms with Crippen LogP contribution in [0.3, 0.4) is 0 Å². The Morgan fingerprint density at radius 2 is 1.76 bits per heavy atom. The van der Waals surface area contributed by atoms with Crippen molar-refractivity contribution in [1.29, 1.82) is 0 Å². The number of anilines is 1. The molecule has 2 heterocycles. The number of nitrogens with zero attached hydrogens (tertiary/aromatic N) is 2. The Bertz CT molecular complexity index is 1050. The summed E-state index contributed by atoms with van der Waals surface area (Å²) in [5.41, 5.74) is 10.4. The van der Waals surface area contributed by atoms with E-state index >= 15 is 0 Å². The highest BCUT2D eigenvalue weighted by Gasteiger charge is 2.45. The van der Waals surface area contributed by atoms with Crippen LogP contribution in [-0.4, -0.2) is 36.7 Å². The molecule has 0 spiro atoms. The van der Waals surface area contributed by atoms with Gasteiger partial charge in [-0.05, 0) is 35.9 Å². The minimum Gasteiger partial charge on any atom is -0.497 e. The predicted molar refractivity (Wildman–Crippen MR) is 113 cm³/mol. The van der Waals surface area contributed by atoms with E-state index in [1.807, 2.05) is 0 Å². The van der Waals surface area contributed by atoms with Gasteiger partial charge in [0.1, 0.15) is 5.75 Å². The smallest absolute Gasteiger partial charge is 0.417 e. The summed E-state index contributed by atoms with van der Waals surface area (Å²) in [4.78, 5) is 28.9. The molecule has 13 heteroatoms. The number of carbonyl (C=O) groups excluding carboxylic acids is 2. The van der Waals surface area contributed by atoms with Crippen molar-refractivity contribution in [2.45, 2.75) is 18.9 Å². The fourth-order valence-corrected chi connectivity index (χ4v) is 4.01. The van der Waals surface area contributed by atoms with Crippen LogP contribution in [0.5, 0.6) is 5.75 Å². The molecule has 0 saturated carbocycles. The molecule has 2 saturated heterocycles. The Balaban J connectivity index is 1.69. The molecule has 9 nitrogen and oxygen atoms in total. The molecular formula is C20H20ClF3N6O3. The quantitative estimate of drug-likeness (QED) is 0.517. The van der Waals surface area contributed by atoms with Gasteiger partial charge in [0.15, 0.2) is 0 Å². The van der Waals surface area contributed by atoms with Crippen LogP contribution in [0.25, 0.3) is 0 Å². The van der Waals surface area contributed by atoms with E-state index in [1.165, 1.54) is 24.1 Å². The number of amides is 3. The second-order valence-electron chi connectivity index (χ2n) is 7.41. The SMILES string of the molecule is COc1ccc(N2CC(C3NNNN3)C(=O)N(Cc3cccc(C(F)(F)F)c3Cl)C2=O)cc1. The zero-order valence-corrected chi connectivity index (χ0v) is 18.0. The Labute approximate surface area is 191 Å². The van der Waals surface area contributed by atoms with Crippen molar-refractivity contribution >= 4 is 29.2 Å². The number of benzene rings is 2. The second kappa shape index (κ2) is 9.15. The number of halogens is 4. The summed E-state index contributed by atoms with van der Waals surface area (Å²) in [6.45, 7) is -0.387. The molecule has 176 valence electrons. The maximum absolute atomic E-state index is 13.3. The molecule has 2 aromatic rings. The maximum atomic E-state index is 13.3. The van der Waals surface area contributed by atoms with Gasteiger partial charge in [0.05, 0.1) is 36.3 Å². The number of nitrogens with one attached hydrogen (secondary N) is 4. The van der Waals surface area contributed by atoms with Gasteiger partial charge < -0.3 is 4.74 Å². The zero-order valence-electron chi connectivity index (χ0n) is 17.2. The van der Waals surface area contributed by atoms with Crippen molar-refractivity contribution in [3.63, 3.8) is 0 Å². The van der Waals surface area contributed by atoms with Gasteiger partial charge in [0, 0.05) is 12.2 Å². The largest absolute Gasteiger partial charge is 0.497 e. The average Bonchev–Trinajstić information content (AvgIpc) is 3.32. The fraction of sp³-hybridized carbons (Fsp3) is 0.300. The van der Waals surface area contributed by atoms with Gasteiger partial charge >= 0.3 is 12.2 Å². The van der Waals surface area contributed by atoms with E-state index in [0.717, 1.165) is 11.0 Å². The summed E-state index contributed by atoms with van der Waals surface area (Å²) in [6, 6.07) is 9.37. The average molecular weight is 485 g/mol. The monoisotopic (exact) mass is 484 g/mol. The number of rotatable bonds is 5. The maximum Gasteiger partial charge on any atom is 0.417 e. The first-order chi connectivity index (χ1) is 15.7. The second-order valence-corrected chi connectivity index (χ2v) is 7.79. The number of hydrazine groups is 3. The number of hydrogen-bond acceptors (Lipinski definition) is 7. The Kier molecular flexibility index (Phi) is 6.45. The highest BCUT2D eigenvalue weighted by atomic mass is 35.5. The van der Waals surface area contributed by atoms with E-state index in [-0.39, 0.29) is 12.1 Å². The van der Waals surface area contributed by atoms with Crippen molar-refractivity contribution in [3.05, 3.63) is 58.6 Å². The molecule has 33 heavy (non-hydrogen) atoms. The summed E-state index contributed by atoms with van der Waals surface area (Å²) >= 11 is 6.02. The van der Waals surface area contributed by atoms with E-state index in [1.54, 1.807) is 24.3 Å². The summed E-state index contributed by atoms with van der Waals surface area (Å²) in [5.74, 6) is -0.749. The van der Waals surface area contributed by atoms with Gasteiger partial charge in [-0.25, -0.2) is 15.6 Å². The predicted octanol–water partition coefficient (Wildman–Crippen LogP) is 2.40. The number of alkyl halides is 3. The molecule has 1 atom stereocenters. The first-order valence-electron chi connectivity index (χ1n) is 9.83. The van der Waals surface area contributed by atoms with Crippen LogP contribution in [0.2, 0.25) is 5.02 Å². The molecule has 3 amide bonds. The summed E-state index contributed by atoms with van der Waals surface area (Å²) in [5, 5.41) is -0.552. The summed E-state index contributed by atoms with van der Waals surface area (Å²) in [6.07, 6.45) is -5.26. The van der Waals surface area contributed by atoms with Crippen molar-refractivity contribution in [2.24, 2.45) is 5.92 Å². The van der Waals surface area contributed by atoms with E-state index in [4.69, 9.17) is 16.3 Å². The third kappa shape index (κ3) is 4.61. The van der Waals surface area contributed by atoms with Gasteiger partial charge in [0.25, 0.3) is 0 Å². The molecule has 0 aliphatic carbocycles. The number of imide groups is 1. The number of carbonyl (C=O) groups is 2. The van der Waals surface area contributed by atoms with Crippen LogP contribution in [0.1, 0.15) is 11.1 Å². The van der Waals surface area contributed by atoms with Crippen LogP contribution in [0.15, 0.2) is 42.5 Å². The lowest BCUT2D eigenvalue weighted by atomic mass is 10.00. The van der Waals surface area contributed by atoms with E-state index < -0.39 is 47.3 Å². The number of hydrogen-bond donors (Lipinski definition) is 4. The number of methoxy groups -OCH3 is 1. The van der Waals surface area contributed by atoms with Crippen LogP contribution in [-0.2, 0) is 17.5 Å². The molecule has 4 rings (SSSR count). The topological polar surface area (TPSA) is 98.0 Å². The highest BCUT2D eigenvalue weighted by Crippen LogP contribution is 2.37. The molecule has 2 aromatic carbocycles. The molecule has 0 radical (unpaired) electrons. The summed E-state index contributed by atoms with van der Waals surface area (Å²) in [7, 11) is 1.51.